The van der Waals surface area contributed by atoms with Gasteiger partial charge in [-0.15, -0.1) is 13.2 Å². The molecule has 0 saturated carbocycles. The molecule has 0 aliphatic carbocycles. The summed E-state index contributed by atoms with van der Waals surface area (Å²) in [6.45, 7) is 1.73. The number of nitrogens with two attached hydrogens (primary N) is 1. The summed E-state index contributed by atoms with van der Waals surface area (Å²) in [6.07, 6.45) is -1.99. The molecular weight excluding hydrogens is 435 g/mol. The van der Waals surface area contributed by atoms with Gasteiger partial charge >= 0.3 is 6.36 Å². The van der Waals surface area contributed by atoms with Crippen LogP contribution in [-0.4, -0.2) is 31.2 Å². The van der Waals surface area contributed by atoms with Gasteiger partial charge in [0.2, 0.25) is 0 Å². The first kappa shape index (κ1) is 22.7. The lowest BCUT2D eigenvalue weighted by atomic mass is 10.1. The summed E-state index contributed by atoms with van der Waals surface area (Å²) in [4.78, 5) is 8.88. The van der Waals surface area contributed by atoms with E-state index in [1.165, 1.54) is 16.9 Å². The molecule has 4 aromatic rings. The van der Waals surface area contributed by atoms with E-state index in [0.717, 1.165) is 12.8 Å². The number of ether oxygens (including phenoxy) is 1. The first-order valence-electron chi connectivity index (χ1n) is 10.4. The summed E-state index contributed by atoms with van der Waals surface area (Å²) < 4.78 is 45.2. The van der Waals surface area contributed by atoms with Crippen molar-refractivity contribution in [3.05, 3.63) is 66.1 Å². The summed E-state index contributed by atoms with van der Waals surface area (Å²) in [5.74, 6) is -0.0528. The molecule has 0 amide bonds. The van der Waals surface area contributed by atoms with E-state index in [2.05, 4.69) is 19.8 Å². The molecule has 3 heterocycles. The molecule has 7 nitrogen and oxygen atoms in total. The van der Waals surface area contributed by atoms with Gasteiger partial charge in [-0.1, -0.05) is 25.5 Å². The molecule has 3 N–H and O–H groups in total. The number of aliphatic hydroxyl groups is 1. The van der Waals surface area contributed by atoms with Crippen LogP contribution in [0.3, 0.4) is 0 Å². The van der Waals surface area contributed by atoms with Crippen molar-refractivity contribution in [2.24, 2.45) is 5.73 Å². The van der Waals surface area contributed by atoms with Crippen molar-refractivity contribution >= 4 is 10.9 Å². The summed E-state index contributed by atoms with van der Waals surface area (Å²) in [5, 5.41) is 13.8. The monoisotopic (exact) mass is 457 g/mol. The van der Waals surface area contributed by atoms with Crippen molar-refractivity contribution < 1.29 is 23.0 Å². The molecule has 33 heavy (non-hydrogen) atoms. The van der Waals surface area contributed by atoms with Crippen LogP contribution >= 0.6 is 0 Å². The van der Waals surface area contributed by atoms with E-state index in [0.29, 0.717) is 34.0 Å². The molecule has 0 spiro atoms. The molecular formula is C23H22F3N5O2. The molecule has 1 atom stereocenters. The molecule has 0 radical (unpaired) electrons. The lowest BCUT2D eigenvalue weighted by molar-refractivity contribution is -0.274. The van der Waals surface area contributed by atoms with E-state index >= 15 is 0 Å². The van der Waals surface area contributed by atoms with E-state index in [1.807, 2.05) is 6.92 Å². The molecule has 0 bridgehead atoms. The Morgan fingerprint density at radius 3 is 2.64 bits per heavy atom. The van der Waals surface area contributed by atoms with Crippen molar-refractivity contribution in [2.45, 2.75) is 38.8 Å². The number of pyridine rings is 2. The van der Waals surface area contributed by atoms with Crippen molar-refractivity contribution in [2.75, 3.05) is 0 Å². The third-order valence-electron chi connectivity index (χ3n) is 5.09. The fraction of sp³-hybridized carbons (Fsp3) is 0.261. The highest BCUT2D eigenvalue weighted by molar-refractivity contribution is 5.90. The predicted molar refractivity (Wildman–Crippen MR) is 117 cm³/mol. The van der Waals surface area contributed by atoms with E-state index in [9.17, 15) is 18.3 Å². The molecule has 0 aliphatic rings. The van der Waals surface area contributed by atoms with Crippen molar-refractivity contribution in [1.29, 1.82) is 0 Å². The highest BCUT2D eigenvalue weighted by Crippen LogP contribution is 2.36. The summed E-state index contributed by atoms with van der Waals surface area (Å²) in [7, 11) is 0. The van der Waals surface area contributed by atoms with Crippen molar-refractivity contribution in [1.82, 2.24) is 19.7 Å². The van der Waals surface area contributed by atoms with Crippen molar-refractivity contribution in [3.8, 4) is 22.8 Å². The number of rotatable bonds is 7. The number of halogens is 3. The molecule has 3 aromatic heterocycles. The van der Waals surface area contributed by atoms with E-state index in [4.69, 9.17) is 5.73 Å². The Kier molecular flexibility index (Phi) is 6.30. The van der Waals surface area contributed by atoms with Gasteiger partial charge in [0.25, 0.3) is 0 Å². The number of fused-ring (bicyclic) bond motifs is 1. The summed E-state index contributed by atoms with van der Waals surface area (Å²) in [5.41, 5.74) is 8.45. The van der Waals surface area contributed by atoms with Gasteiger partial charge < -0.3 is 15.6 Å². The minimum Gasteiger partial charge on any atom is -0.405 e. The highest BCUT2D eigenvalue weighted by atomic mass is 19.4. The van der Waals surface area contributed by atoms with Gasteiger partial charge in [-0.05, 0) is 42.8 Å². The second kappa shape index (κ2) is 9.16. The van der Waals surface area contributed by atoms with Crippen molar-refractivity contribution in [3.63, 3.8) is 0 Å². The number of hydrogen-bond acceptors (Lipinski definition) is 6. The summed E-state index contributed by atoms with van der Waals surface area (Å²) >= 11 is 0. The first-order chi connectivity index (χ1) is 15.8. The molecule has 0 fully saturated rings. The van der Waals surface area contributed by atoms with Gasteiger partial charge in [0.15, 0.2) is 5.82 Å². The van der Waals surface area contributed by atoms with Crippen LogP contribution in [0.2, 0.25) is 0 Å². The van der Waals surface area contributed by atoms with Gasteiger partial charge in [-0.2, -0.15) is 5.10 Å². The molecule has 10 heteroatoms. The second-order valence-corrected chi connectivity index (χ2v) is 7.50. The second-order valence-electron chi connectivity index (χ2n) is 7.50. The summed E-state index contributed by atoms with van der Waals surface area (Å²) in [6, 6.07) is 12.9. The topological polar surface area (TPSA) is 99.1 Å². The quantitative estimate of drug-likeness (QED) is 0.418. The lowest BCUT2D eigenvalue weighted by Crippen LogP contribution is -2.17. The fourth-order valence-corrected chi connectivity index (χ4v) is 3.58. The van der Waals surface area contributed by atoms with E-state index in [-0.39, 0.29) is 18.0 Å². The van der Waals surface area contributed by atoms with Gasteiger partial charge in [0.05, 0.1) is 40.8 Å². The third-order valence-corrected chi connectivity index (χ3v) is 5.09. The Bertz CT molecular complexity index is 1270. The molecule has 1 unspecified atom stereocenters. The first-order valence-corrected chi connectivity index (χ1v) is 10.4. The van der Waals surface area contributed by atoms with E-state index < -0.39 is 12.1 Å². The highest BCUT2D eigenvalue weighted by Gasteiger charge is 2.32. The SMILES string of the molecule is CCCC(N)c1cccc(-c2cc(OC(F)(F)F)c3cnn(-c4cccc(CO)n4)c3c2)n1. The van der Waals surface area contributed by atoms with Crippen LogP contribution in [0.1, 0.15) is 37.2 Å². The van der Waals surface area contributed by atoms with Crippen LogP contribution in [0.5, 0.6) is 5.75 Å². The number of nitrogens with zero attached hydrogens (tertiary/aromatic N) is 4. The zero-order valence-corrected chi connectivity index (χ0v) is 17.8. The van der Waals surface area contributed by atoms with Crippen LogP contribution in [0.4, 0.5) is 13.2 Å². The van der Waals surface area contributed by atoms with Crippen LogP contribution in [-0.2, 0) is 6.61 Å². The van der Waals surface area contributed by atoms with Crippen LogP contribution in [0.15, 0.2) is 54.7 Å². The lowest BCUT2D eigenvalue weighted by Gasteiger charge is -2.14. The van der Waals surface area contributed by atoms with Crippen LogP contribution in [0.25, 0.3) is 28.0 Å². The average molecular weight is 457 g/mol. The molecule has 1 aromatic carbocycles. The standard InChI is InChI=1S/C23H22F3N5O2/c1-2-5-17(27)19-8-4-7-18(30-19)14-10-20-16(21(11-14)33-23(24,25)26)12-28-31(20)22-9-3-6-15(13-32)29-22/h3-4,6-12,17,32H,2,5,13,27H2,1H3. The number of aromatic nitrogens is 4. The third kappa shape index (κ3) is 4.96. The minimum absolute atomic E-state index is 0.158. The molecule has 4 rings (SSSR count). The van der Waals surface area contributed by atoms with Gasteiger partial charge in [0.1, 0.15) is 5.75 Å². The largest absolute Gasteiger partial charge is 0.573 e. The Balaban J connectivity index is 1.89. The maximum atomic E-state index is 13.2. The van der Waals surface area contributed by atoms with Gasteiger partial charge in [-0.3, -0.25) is 4.98 Å². The minimum atomic E-state index is -4.89. The average Bonchev–Trinajstić information content (AvgIpc) is 3.23. The molecule has 0 aliphatic heterocycles. The van der Waals surface area contributed by atoms with E-state index in [1.54, 1.807) is 42.5 Å². The van der Waals surface area contributed by atoms with Gasteiger partial charge in [0, 0.05) is 11.6 Å². The number of benzene rings is 1. The van der Waals surface area contributed by atoms with Gasteiger partial charge in [-0.25, -0.2) is 9.67 Å². The predicted octanol–water partition coefficient (Wildman–Crippen LogP) is 4.67. The fourth-order valence-electron chi connectivity index (χ4n) is 3.58. The van der Waals surface area contributed by atoms with Crippen LogP contribution in [0, 0.1) is 0 Å². The Morgan fingerprint density at radius 2 is 1.91 bits per heavy atom. The van der Waals surface area contributed by atoms with Crippen LogP contribution < -0.4 is 10.5 Å². The smallest absolute Gasteiger partial charge is 0.405 e. The number of hydrogen-bond donors (Lipinski definition) is 2. The Hall–Kier alpha value is -3.50. The maximum Gasteiger partial charge on any atom is 0.573 e. The Labute approximate surface area is 187 Å². The number of aliphatic hydroxyl groups excluding tert-OH is 1. The number of alkyl halides is 3. The maximum absolute atomic E-state index is 13.2. The molecule has 172 valence electrons. The molecule has 0 saturated heterocycles. The normalized spacial score (nSPS) is 12.8. The zero-order valence-electron chi connectivity index (χ0n) is 17.8. The Morgan fingerprint density at radius 1 is 1.12 bits per heavy atom. The zero-order chi connectivity index (χ0) is 23.6.